The summed E-state index contributed by atoms with van der Waals surface area (Å²) in [4.78, 5) is 35.5. The number of benzene rings is 1. The van der Waals surface area contributed by atoms with Crippen LogP contribution in [0.1, 0.15) is 43.6 Å². The Morgan fingerprint density at radius 3 is 2.27 bits per heavy atom. The van der Waals surface area contributed by atoms with E-state index in [-0.39, 0.29) is 0 Å². The molecule has 0 bridgehead atoms. The van der Waals surface area contributed by atoms with E-state index in [1.54, 1.807) is 52.0 Å². The lowest BCUT2D eigenvalue weighted by molar-refractivity contribution is -0.121. The molecule has 1 aromatic rings. The van der Waals surface area contributed by atoms with Gasteiger partial charge in [0.2, 0.25) is 5.91 Å². The Morgan fingerprint density at radius 2 is 1.73 bits per heavy atom. The number of aryl methyl sites for hydroxylation is 1. The molecule has 0 saturated carbocycles. The second-order valence-electron chi connectivity index (χ2n) is 6.00. The highest BCUT2D eigenvalue weighted by Crippen LogP contribution is 2.08. The highest BCUT2D eigenvalue weighted by atomic mass is 16.6. The molecule has 1 aromatic carbocycles. The average molecular weight is 306 g/mol. The van der Waals surface area contributed by atoms with Crippen LogP contribution in [0, 0.1) is 6.92 Å². The third kappa shape index (κ3) is 5.55. The molecule has 1 rings (SSSR count). The predicted octanol–water partition coefficient (Wildman–Crippen LogP) is 2.16. The highest BCUT2D eigenvalue weighted by molar-refractivity contribution is 6.07. The number of amides is 3. The summed E-state index contributed by atoms with van der Waals surface area (Å²) in [5, 5.41) is 4.64. The quantitative estimate of drug-likeness (QED) is 0.896. The summed E-state index contributed by atoms with van der Waals surface area (Å²) in [6.45, 7) is 8.42. The lowest BCUT2D eigenvalue weighted by Gasteiger charge is -2.21. The van der Waals surface area contributed by atoms with Gasteiger partial charge in [0, 0.05) is 5.56 Å². The van der Waals surface area contributed by atoms with Gasteiger partial charge in [0.05, 0.1) is 0 Å². The SMILES string of the molecule is Cc1ccccc1C(=O)NC(=O)[C@H](C)NC(=O)OC(C)(C)C. The molecule has 0 unspecified atom stereocenters. The summed E-state index contributed by atoms with van der Waals surface area (Å²) in [7, 11) is 0. The third-order valence-electron chi connectivity index (χ3n) is 2.75. The van der Waals surface area contributed by atoms with Gasteiger partial charge in [0.15, 0.2) is 0 Å². The van der Waals surface area contributed by atoms with Crippen molar-refractivity contribution in [3.8, 4) is 0 Å². The monoisotopic (exact) mass is 306 g/mol. The molecular formula is C16H22N2O4. The maximum absolute atomic E-state index is 12.0. The van der Waals surface area contributed by atoms with Crippen molar-refractivity contribution in [3.05, 3.63) is 35.4 Å². The maximum atomic E-state index is 12.0. The van der Waals surface area contributed by atoms with Crippen molar-refractivity contribution in [3.63, 3.8) is 0 Å². The largest absolute Gasteiger partial charge is 0.444 e. The number of alkyl carbamates (subject to hydrolysis) is 1. The Bertz CT molecular complexity index is 576. The van der Waals surface area contributed by atoms with Crippen LogP contribution in [0.5, 0.6) is 0 Å². The van der Waals surface area contributed by atoms with Crippen LogP contribution in [0.2, 0.25) is 0 Å². The Labute approximate surface area is 130 Å². The third-order valence-corrected chi connectivity index (χ3v) is 2.75. The molecule has 6 nitrogen and oxygen atoms in total. The van der Waals surface area contributed by atoms with Gasteiger partial charge in [-0.15, -0.1) is 0 Å². The number of nitrogens with one attached hydrogen (secondary N) is 2. The summed E-state index contributed by atoms with van der Waals surface area (Å²) >= 11 is 0. The van der Waals surface area contributed by atoms with Crippen LogP contribution >= 0.6 is 0 Å². The Hall–Kier alpha value is -2.37. The van der Waals surface area contributed by atoms with E-state index in [1.165, 1.54) is 6.92 Å². The molecule has 6 heteroatoms. The summed E-state index contributed by atoms with van der Waals surface area (Å²) in [6.07, 6.45) is -0.710. The maximum Gasteiger partial charge on any atom is 0.408 e. The summed E-state index contributed by atoms with van der Waals surface area (Å²) < 4.78 is 5.05. The van der Waals surface area contributed by atoms with Crippen LogP contribution < -0.4 is 10.6 Å². The lowest BCUT2D eigenvalue weighted by atomic mass is 10.1. The van der Waals surface area contributed by atoms with Crippen molar-refractivity contribution in [2.24, 2.45) is 0 Å². The molecule has 0 aromatic heterocycles. The normalized spacial score (nSPS) is 12.2. The Balaban J connectivity index is 2.60. The van der Waals surface area contributed by atoms with Gasteiger partial charge in [-0.25, -0.2) is 4.79 Å². The van der Waals surface area contributed by atoms with E-state index >= 15 is 0 Å². The first-order valence-electron chi connectivity index (χ1n) is 7.00. The van der Waals surface area contributed by atoms with Gasteiger partial charge in [-0.2, -0.15) is 0 Å². The van der Waals surface area contributed by atoms with Crippen LogP contribution in [0.25, 0.3) is 0 Å². The molecule has 2 N–H and O–H groups in total. The first-order valence-corrected chi connectivity index (χ1v) is 7.00. The molecule has 0 radical (unpaired) electrons. The van der Waals surface area contributed by atoms with Gasteiger partial charge in [0.25, 0.3) is 5.91 Å². The van der Waals surface area contributed by atoms with E-state index in [0.29, 0.717) is 5.56 Å². The van der Waals surface area contributed by atoms with E-state index < -0.39 is 29.6 Å². The number of rotatable bonds is 3. The lowest BCUT2D eigenvalue weighted by Crippen LogP contribution is -2.48. The van der Waals surface area contributed by atoms with Crippen molar-refractivity contribution in [2.45, 2.75) is 46.3 Å². The molecule has 22 heavy (non-hydrogen) atoms. The highest BCUT2D eigenvalue weighted by Gasteiger charge is 2.22. The number of hydrogen-bond donors (Lipinski definition) is 2. The average Bonchev–Trinajstić information content (AvgIpc) is 2.36. The van der Waals surface area contributed by atoms with Gasteiger partial charge in [-0.3, -0.25) is 14.9 Å². The van der Waals surface area contributed by atoms with E-state index in [2.05, 4.69) is 10.6 Å². The van der Waals surface area contributed by atoms with Crippen LogP contribution in [0.4, 0.5) is 4.79 Å². The van der Waals surface area contributed by atoms with Crippen LogP contribution in [-0.4, -0.2) is 29.6 Å². The predicted molar refractivity (Wildman–Crippen MR) is 82.5 cm³/mol. The van der Waals surface area contributed by atoms with Crippen molar-refractivity contribution < 1.29 is 19.1 Å². The smallest absolute Gasteiger partial charge is 0.408 e. The second kappa shape index (κ2) is 7.06. The van der Waals surface area contributed by atoms with E-state index in [1.807, 2.05) is 0 Å². The van der Waals surface area contributed by atoms with Crippen molar-refractivity contribution in [1.29, 1.82) is 0 Å². The minimum atomic E-state index is -0.886. The Morgan fingerprint density at radius 1 is 1.14 bits per heavy atom. The van der Waals surface area contributed by atoms with Crippen LogP contribution in [0.3, 0.4) is 0 Å². The first-order chi connectivity index (χ1) is 10.1. The second-order valence-corrected chi connectivity index (χ2v) is 6.00. The van der Waals surface area contributed by atoms with Crippen LogP contribution in [0.15, 0.2) is 24.3 Å². The van der Waals surface area contributed by atoms with E-state index in [0.717, 1.165) is 5.56 Å². The van der Waals surface area contributed by atoms with E-state index in [4.69, 9.17) is 4.74 Å². The molecule has 0 saturated heterocycles. The number of hydrogen-bond acceptors (Lipinski definition) is 4. The van der Waals surface area contributed by atoms with Gasteiger partial charge in [-0.05, 0) is 46.2 Å². The number of carbonyl (C=O) groups excluding carboxylic acids is 3. The number of ether oxygens (including phenoxy) is 1. The number of imide groups is 1. The fourth-order valence-electron chi connectivity index (χ4n) is 1.67. The zero-order valence-electron chi connectivity index (χ0n) is 13.5. The fourth-order valence-corrected chi connectivity index (χ4v) is 1.67. The summed E-state index contributed by atoms with van der Waals surface area (Å²) in [5.41, 5.74) is 0.526. The summed E-state index contributed by atoms with van der Waals surface area (Å²) in [6, 6.07) is 6.05. The minimum absolute atomic E-state index is 0.417. The molecule has 0 aliphatic rings. The Kier molecular flexibility index (Phi) is 5.68. The molecule has 120 valence electrons. The fraction of sp³-hybridized carbons (Fsp3) is 0.438. The van der Waals surface area contributed by atoms with Crippen molar-refractivity contribution in [1.82, 2.24) is 10.6 Å². The molecule has 0 heterocycles. The van der Waals surface area contributed by atoms with Gasteiger partial charge >= 0.3 is 6.09 Å². The van der Waals surface area contributed by atoms with Crippen molar-refractivity contribution >= 4 is 17.9 Å². The molecular weight excluding hydrogens is 284 g/mol. The van der Waals surface area contributed by atoms with Crippen molar-refractivity contribution in [2.75, 3.05) is 0 Å². The molecule has 1 atom stereocenters. The van der Waals surface area contributed by atoms with Gasteiger partial charge < -0.3 is 10.1 Å². The molecule has 0 aliphatic carbocycles. The first kappa shape index (κ1) is 17.7. The molecule has 0 aliphatic heterocycles. The molecule has 0 spiro atoms. The van der Waals surface area contributed by atoms with Gasteiger partial charge in [-0.1, -0.05) is 18.2 Å². The molecule has 3 amide bonds. The standard InChI is InChI=1S/C16H22N2O4/c1-10-8-6-7-9-12(10)14(20)18-13(19)11(2)17-15(21)22-16(3,4)5/h6-9,11H,1-5H3,(H,17,21)(H,18,19,20)/t11-/m0/s1. The zero-order valence-corrected chi connectivity index (χ0v) is 13.5. The van der Waals surface area contributed by atoms with Crippen LogP contribution in [-0.2, 0) is 9.53 Å². The topological polar surface area (TPSA) is 84.5 Å². The van der Waals surface area contributed by atoms with Gasteiger partial charge in [0.1, 0.15) is 11.6 Å². The molecule has 0 fully saturated rings. The van der Waals surface area contributed by atoms with E-state index in [9.17, 15) is 14.4 Å². The minimum Gasteiger partial charge on any atom is -0.444 e. The number of carbonyl (C=O) groups is 3. The summed E-state index contributed by atoms with van der Waals surface area (Å²) in [5.74, 6) is -1.10. The zero-order chi connectivity index (χ0) is 16.9.